The smallest absolute Gasteiger partial charge is 0.180 e. The Morgan fingerprint density at radius 3 is 1.18 bits per heavy atom. The van der Waals surface area contributed by atoms with Crippen molar-refractivity contribution in [1.82, 2.24) is 0 Å². The predicted molar refractivity (Wildman–Crippen MR) is 189 cm³/mol. The fourth-order valence-corrected chi connectivity index (χ4v) is 5.17. The highest BCUT2D eigenvalue weighted by atomic mass is 32.3. The van der Waals surface area contributed by atoms with E-state index in [0.29, 0.717) is 11.8 Å². The summed E-state index contributed by atoms with van der Waals surface area (Å²) in [5.74, 6) is 4.44. The van der Waals surface area contributed by atoms with E-state index in [0.717, 1.165) is 45.3 Å². The van der Waals surface area contributed by atoms with Crippen LogP contribution in [0.2, 0.25) is 0 Å². The first-order chi connectivity index (χ1) is 22.8. The average Bonchev–Trinajstić information content (AvgIpc) is 2.99. The lowest BCUT2D eigenvalue weighted by Gasteiger charge is -2.15. The Morgan fingerprint density at radius 1 is 0.592 bits per heavy atom. The number of ether oxygens (including phenoxy) is 4. The number of hydrogen-bond donors (Lipinski definition) is 0. The standard InChI is InChI=1S/2C19H26NO2.H2O4S/c2*1-13(2)17-11-20(5)12-18(19(17)21-6)15-8-7-9-16(10-15)22-14(3)4;1-5(2,3)4/h2*7-14H,1-6H3;(H2,1,2,3,4)/q2*+1;/p-2. The molecular formula is C38H52N2O8S. The Kier molecular flexibility index (Phi) is 15.5. The second-order valence-corrected chi connectivity index (χ2v) is 13.6. The fraction of sp³-hybridized carbons (Fsp3) is 0.421. The maximum absolute atomic E-state index is 8.52. The van der Waals surface area contributed by atoms with E-state index in [1.807, 2.05) is 66.1 Å². The molecule has 0 unspecified atom stereocenters. The van der Waals surface area contributed by atoms with Crippen LogP contribution in [-0.2, 0) is 24.5 Å². The average molecular weight is 697 g/mol. The second kappa shape index (κ2) is 18.5. The first kappa shape index (κ1) is 41.0. The van der Waals surface area contributed by atoms with Gasteiger partial charge in [0.25, 0.3) is 0 Å². The number of hydrogen-bond acceptors (Lipinski definition) is 8. The van der Waals surface area contributed by atoms with E-state index in [2.05, 4.69) is 85.9 Å². The van der Waals surface area contributed by atoms with Gasteiger partial charge in [-0.2, -0.15) is 0 Å². The van der Waals surface area contributed by atoms with E-state index >= 15 is 0 Å². The Bertz CT molecular complexity index is 1650. The molecule has 2 aromatic carbocycles. The minimum atomic E-state index is -5.17. The summed E-state index contributed by atoms with van der Waals surface area (Å²) in [4.78, 5) is 0. The molecule has 10 nitrogen and oxygen atoms in total. The highest BCUT2D eigenvalue weighted by Gasteiger charge is 2.21. The first-order valence-corrected chi connectivity index (χ1v) is 17.5. The number of aryl methyl sites for hydroxylation is 2. The largest absolute Gasteiger partial charge is 0.759 e. The number of pyridine rings is 2. The minimum Gasteiger partial charge on any atom is -0.759 e. The van der Waals surface area contributed by atoms with Crippen LogP contribution < -0.4 is 28.1 Å². The number of benzene rings is 2. The molecular weight excluding hydrogens is 644 g/mol. The van der Waals surface area contributed by atoms with Gasteiger partial charge < -0.3 is 28.1 Å². The Hall–Kier alpha value is -4.19. The van der Waals surface area contributed by atoms with Gasteiger partial charge >= 0.3 is 0 Å². The fourth-order valence-electron chi connectivity index (χ4n) is 5.17. The maximum atomic E-state index is 8.52. The zero-order chi connectivity index (χ0) is 37.1. The van der Waals surface area contributed by atoms with Crippen LogP contribution >= 0.6 is 0 Å². The van der Waals surface area contributed by atoms with Crippen molar-refractivity contribution in [1.29, 1.82) is 0 Å². The van der Waals surface area contributed by atoms with E-state index in [4.69, 9.17) is 36.5 Å². The van der Waals surface area contributed by atoms with Crippen molar-refractivity contribution < 1.29 is 45.6 Å². The zero-order valence-corrected chi connectivity index (χ0v) is 31.6. The quantitative estimate of drug-likeness (QED) is 0.100. The number of nitrogens with zero attached hydrogens (tertiary/aromatic N) is 2. The van der Waals surface area contributed by atoms with E-state index in [-0.39, 0.29) is 12.2 Å². The molecule has 0 bridgehead atoms. The molecule has 0 aliphatic carbocycles. The summed E-state index contributed by atoms with van der Waals surface area (Å²) in [5.41, 5.74) is 6.80. The van der Waals surface area contributed by atoms with Crippen LogP contribution in [0.3, 0.4) is 0 Å². The molecule has 268 valence electrons. The summed E-state index contributed by atoms with van der Waals surface area (Å²) in [6.45, 7) is 16.9. The number of methoxy groups -OCH3 is 2. The van der Waals surface area contributed by atoms with Crippen LogP contribution in [0.1, 0.15) is 78.4 Å². The van der Waals surface area contributed by atoms with Gasteiger partial charge in [0.1, 0.15) is 37.1 Å². The summed E-state index contributed by atoms with van der Waals surface area (Å²) < 4.78 is 61.3. The van der Waals surface area contributed by atoms with Gasteiger partial charge in [-0.15, -0.1) is 0 Å². The molecule has 2 aromatic heterocycles. The van der Waals surface area contributed by atoms with Crippen LogP contribution in [0, 0.1) is 0 Å². The van der Waals surface area contributed by atoms with E-state index in [1.165, 1.54) is 11.1 Å². The molecule has 0 atom stereocenters. The third-order valence-electron chi connectivity index (χ3n) is 7.05. The van der Waals surface area contributed by atoms with Gasteiger partial charge in [-0.05, 0) is 74.9 Å². The molecule has 0 fully saturated rings. The van der Waals surface area contributed by atoms with E-state index < -0.39 is 10.4 Å². The summed E-state index contributed by atoms with van der Waals surface area (Å²) in [6.07, 6.45) is 8.77. The van der Waals surface area contributed by atoms with Crippen LogP contribution in [0.15, 0.2) is 73.3 Å². The highest BCUT2D eigenvalue weighted by molar-refractivity contribution is 7.79. The molecule has 49 heavy (non-hydrogen) atoms. The van der Waals surface area contributed by atoms with Crippen molar-refractivity contribution in [2.45, 2.75) is 79.4 Å². The van der Waals surface area contributed by atoms with Gasteiger partial charge in [-0.3, -0.25) is 8.42 Å². The Morgan fingerprint density at radius 2 is 0.918 bits per heavy atom. The second-order valence-electron chi connectivity index (χ2n) is 12.8. The number of rotatable bonds is 10. The third-order valence-corrected chi connectivity index (χ3v) is 7.05. The molecule has 0 saturated carbocycles. The van der Waals surface area contributed by atoms with Crippen LogP contribution in [0.25, 0.3) is 22.3 Å². The molecule has 0 N–H and O–H groups in total. The molecule has 11 heteroatoms. The van der Waals surface area contributed by atoms with Crippen molar-refractivity contribution in [3.8, 4) is 45.3 Å². The molecule has 0 saturated heterocycles. The van der Waals surface area contributed by atoms with Crippen molar-refractivity contribution in [3.63, 3.8) is 0 Å². The zero-order valence-electron chi connectivity index (χ0n) is 30.8. The predicted octanol–water partition coefficient (Wildman–Crippen LogP) is 6.86. The minimum absolute atomic E-state index is 0.162. The van der Waals surface area contributed by atoms with Gasteiger partial charge in [-0.25, -0.2) is 9.13 Å². The summed E-state index contributed by atoms with van der Waals surface area (Å²) in [6, 6.07) is 16.3. The monoisotopic (exact) mass is 696 g/mol. The van der Waals surface area contributed by atoms with Gasteiger partial charge in [0.05, 0.1) is 48.7 Å². The molecule has 4 aromatic rings. The van der Waals surface area contributed by atoms with Gasteiger partial charge in [-0.1, -0.05) is 52.0 Å². The van der Waals surface area contributed by atoms with Gasteiger partial charge in [0, 0.05) is 10.4 Å². The number of aromatic nitrogens is 2. The molecule has 0 aliphatic rings. The van der Waals surface area contributed by atoms with Crippen LogP contribution in [-0.4, -0.2) is 44.0 Å². The normalized spacial score (nSPS) is 11.1. The molecule has 0 spiro atoms. The van der Waals surface area contributed by atoms with Gasteiger partial charge in [0.2, 0.25) is 0 Å². The summed E-state index contributed by atoms with van der Waals surface area (Å²) in [5, 5.41) is 0. The molecule has 0 amide bonds. The Balaban J connectivity index is 0.000000299. The van der Waals surface area contributed by atoms with Crippen molar-refractivity contribution >= 4 is 10.4 Å². The molecule has 2 heterocycles. The van der Waals surface area contributed by atoms with Crippen LogP contribution in [0.4, 0.5) is 0 Å². The van der Waals surface area contributed by atoms with E-state index in [1.54, 1.807) is 14.2 Å². The maximum Gasteiger partial charge on any atom is 0.180 e. The Labute approximate surface area is 292 Å². The highest BCUT2D eigenvalue weighted by Crippen LogP contribution is 2.37. The van der Waals surface area contributed by atoms with Gasteiger partial charge in [0.15, 0.2) is 24.8 Å². The van der Waals surface area contributed by atoms with E-state index in [9.17, 15) is 0 Å². The SMILES string of the molecule is COc1c(-c2cccc(OC(C)C)c2)c[n+](C)cc1C(C)C.COc1c(-c2cccc(OC(C)C)c2)c[n+](C)cc1C(C)C.O=S(=O)([O-])[O-]. The summed E-state index contributed by atoms with van der Waals surface area (Å²) in [7, 11) is 2.39. The van der Waals surface area contributed by atoms with Crippen molar-refractivity contribution in [2.24, 2.45) is 14.1 Å². The van der Waals surface area contributed by atoms with Crippen LogP contribution in [0.5, 0.6) is 23.0 Å². The third kappa shape index (κ3) is 13.3. The molecule has 4 rings (SSSR count). The first-order valence-electron chi connectivity index (χ1n) is 16.2. The lowest BCUT2D eigenvalue weighted by Crippen LogP contribution is -2.28. The van der Waals surface area contributed by atoms with Crippen molar-refractivity contribution in [2.75, 3.05) is 14.2 Å². The lowest BCUT2D eigenvalue weighted by molar-refractivity contribution is -0.671. The lowest BCUT2D eigenvalue weighted by atomic mass is 9.98. The molecule has 0 radical (unpaired) electrons. The summed E-state index contributed by atoms with van der Waals surface area (Å²) >= 11 is 0. The van der Waals surface area contributed by atoms with Crippen molar-refractivity contribution in [3.05, 3.63) is 84.4 Å². The molecule has 0 aliphatic heterocycles. The topological polar surface area (TPSA) is 125 Å².